The fourth-order valence-corrected chi connectivity index (χ4v) is 0.982. The lowest BCUT2D eigenvalue weighted by Crippen LogP contribution is -1.99. The predicted octanol–water partition coefficient (Wildman–Crippen LogP) is 1.79. The van der Waals surface area contributed by atoms with E-state index in [4.69, 9.17) is 5.73 Å². The SMILES string of the molecule is Cc1ccc([N+](=O)[O-])c(N)c1C. The molecule has 0 aromatic heterocycles. The molecular formula is C8H10N2O2. The number of rotatable bonds is 1. The molecule has 0 saturated heterocycles. The van der Waals surface area contributed by atoms with Crippen molar-refractivity contribution < 1.29 is 4.92 Å². The van der Waals surface area contributed by atoms with Crippen molar-refractivity contribution >= 4 is 11.4 Å². The maximum atomic E-state index is 10.4. The summed E-state index contributed by atoms with van der Waals surface area (Å²) in [4.78, 5) is 9.94. The summed E-state index contributed by atoms with van der Waals surface area (Å²) in [6.07, 6.45) is 0. The van der Waals surface area contributed by atoms with E-state index in [9.17, 15) is 10.1 Å². The van der Waals surface area contributed by atoms with Crippen LogP contribution in [-0.4, -0.2) is 4.92 Å². The fraction of sp³-hybridized carbons (Fsp3) is 0.250. The summed E-state index contributed by atoms with van der Waals surface area (Å²) in [5.41, 5.74) is 7.54. The molecule has 64 valence electrons. The van der Waals surface area contributed by atoms with Gasteiger partial charge in [-0.05, 0) is 25.0 Å². The topological polar surface area (TPSA) is 69.2 Å². The first kappa shape index (κ1) is 8.52. The Labute approximate surface area is 70.2 Å². The van der Waals surface area contributed by atoms with Crippen molar-refractivity contribution in [1.82, 2.24) is 0 Å². The Morgan fingerprint density at radius 3 is 2.50 bits per heavy atom. The van der Waals surface area contributed by atoms with Gasteiger partial charge in [-0.1, -0.05) is 6.07 Å². The van der Waals surface area contributed by atoms with E-state index in [1.807, 2.05) is 6.92 Å². The van der Waals surface area contributed by atoms with E-state index in [0.717, 1.165) is 11.1 Å². The van der Waals surface area contributed by atoms with Crippen LogP contribution in [0.25, 0.3) is 0 Å². The van der Waals surface area contributed by atoms with E-state index >= 15 is 0 Å². The summed E-state index contributed by atoms with van der Waals surface area (Å²) in [6.45, 7) is 3.65. The zero-order valence-corrected chi connectivity index (χ0v) is 7.00. The Balaban J connectivity index is 3.36. The second kappa shape index (κ2) is 2.81. The maximum absolute atomic E-state index is 10.4. The molecule has 4 heteroatoms. The molecule has 12 heavy (non-hydrogen) atoms. The van der Waals surface area contributed by atoms with Crippen LogP contribution in [0.5, 0.6) is 0 Å². The average molecular weight is 166 g/mol. The van der Waals surface area contributed by atoms with Crippen molar-refractivity contribution in [3.05, 3.63) is 33.4 Å². The molecule has 2 N–H and O–H groups in total. The third-order valence-electron chi connectivity index (χ3n) is 1.96. The summed E-state index contributed by atoms with van der Waals surface area (Å²) in [5, 5.41) is 10.4. The minimum atomic E-state index is -0.470. The lowest BCUT2D eigenvalue weighted by atomic mass is 10.1. The van der Waals surface area contributed by atoms with Gasteiger partial charge in [0, 0.05) is 6.07 Å². The number of anilines is 1. The van der Waals surface area contributed by atoms with Gasteiger partial charge in [-0.3, -0.25) is 10.1 Å². The van der Waals surface area contributed by atoms with Gasteiger partial charge in [0.2, 0.25) is 0 Å². The van der Waals surface area contributed by atoms with Gasteiger partial charge >= 0.3 is 0 Å². The Bertz CT molecular complexity index is 334. The van der Waals surface area contributed by atoms with Crippen LogP contribution in [0.2, 0.25) is 0 Å². The molecule has 0 aliphatic rings. The molecule has 0 aliphatic carbocycles. The third-order valence-corrected chi connectivity index (χ3v) is 1.96. The monoisotopic (exact) mass is 166 g/mol. The highest BCUT2D eigenvalue weighted by Gasteiger charge is 2.13. The molecule has 0 amide bonds. The first-order chi connectivity index (χ1) is 5.54. The van der Waals surface area contributed by atoms with Crippen LogP contribution in [-0.2, 0) is 0 Å². The van der Waals surface area contributed by atoms with Gasteiger partial charge in [-0.2, -0.15) is 0 Å². The van der Waals surface area contributed by atoms with Crippen LogP contribution in [0.15, 0.2) is 12.1 Å². The zero-order chi connectivity index (χ0) is 9.30. The standard InChI is InChI=1S/C8H10N2O2/c1-5-3-4-7(10(11)12)8(9)6(5)2/h3-4H,9H2,1-2H3. The van der Waals surface area contributed by atoms with Gasteiger partial charge in [-0.15, -0.1) is 0 Å². The smallest absolute Gasteiger partial charge is 0.292 e. The number of nitrogens with zero attached hydrogens (tertiary/aromatic N) is 1. The van der Waals surface area contributed by atoms with E-state index in [-0.39, 0.29) is 11.4 Å². The lowest BCUT2D eigenvalue weighted by Gasteiger charge is -2.03. The zero-order valence-electron chi connectivity index (χ0n) is 7.00. The minimum absolute atomic E-state index is 0.0156. The highest BCUT2D eigenvalue weighted by Crippen LogP contribution is 2.26. The number of hydrogen-bond donors (Lipinski definition) is 1. The van der Waals surface area contributed by atoms with E-state index in [1.165, 1.54) is 6.07 Å². The van der Waals surface area contributed by atoms with Crippen molar-refractivity contribution in [2.24, 2.45) is 0 Å². The van der Waals surface area contributed by atoms with E-state index in [2.05, 4.69) is 0 Å². The third kappa shape index (κ3) is 1.23. The van der Waals surface area contributed by atoms with Gasteiger partial charge in [0.15, 0.2) is 0 Å². The first-order valence-electron chi connectivity index (χ1n) is 3.54. The Morgan fingerprint density at radius 1 is 1.42 bits per heavy atom. The van der Waals surface area contributed by atoms with Crippen molar-refractivity contribution in [3.63, 3.8) is 0 Å². The molecule has 0 spiro atoms. The summed E-state index contributed by atoms with van der Waals surface area (Å²) in [5.74, 6) is 0. The van der Waals surface area contributed by atoms with E-state index < -0.39 is 4.92 Å². The molecular weight excluding hydrogens is 156 g/mol. The number of nitrogens with two attached hydrogens (primary N) is 1. The van der Waals surface area contributed by atoms with Gasteiger partial charge in [0.05, 0.1) is 4.92 Å². The molecule has 0 aliphatic heterocycles. The van der Waals surface area contributed by atoms with E-state index in [1.54, 1.807) is 13.0 Å². The molecule has 4 nitrogen and oxygen atoms in total. The van der Waals surface area contributed by atoms with Crippen LogP contribution in [0.3, 0.4) is 0 Å². The van der Waals surface area contributed by atoms with Gasteiger partial charge < -0.3 is 5.73 Å². The fourth-order valence-electron chi connectivity index (χ4n) is 0.982. The molecule has 1 rings (SSSR count). The number of aryl methyl sites for hydroxylation is 1. The Hall–Kier alpha value is -1.58. The number of benzene rings is 1. The quantitative estimate of drug-likeness (QED) is 0.393. The number of nitro groups is 1. The largest absolute Gasteiger partial charge is 0.393 e. The van der Waals surface area contributed by atoms with Crippen LogP contribution in [0, 0.1) is 24.0 Å². The van der Waals surface area contributed by atoms with Crippen LogP contribution in [0.1, 0.15) is 11.1 Å². The molecule has 0 fully saturated rings. The van der Waals surface area contributed by atoms with E-state index in [0.29, 0.717) is 0 Å². The summed E-state index contributed by atoms with van der Waals surface area (Å²) < 4.78 is 0. The lowest BCUT2D eigenvalue weighted by molar-refractivity contribution is -0.383. The average Bonchev–Trinajstić information content (AvgIpc) is 2.00. The summed E-state index contributed by atoms with van der Waals surface area (Å²) in [6, 6.07) is 3.13. The predicted molar refractivity (Wildman–Crippen MR) is 47.0 cm³/mol. The first-order valence-corrected chi connectivity index (χ1v) is 3.54. The minimum Gasteiger partial charge on any atom is -0.393 e. The highest BCUT2D eigenvalue weighted by atomic mass is 16.6. The summed E-state index contributed by atoms with van der Waals surface area (Å²) >= 11 is 0. The van der Waals surface area contributed by atoms with Crippen LogP contribution in [0.4, 0.5) is 11.4 Å². The summed E-state index contributed by atoms with van der Waals surface area (Å²) in [7, 11) is 0. The normalized spacial score (nSPS) is 9.83. The van der Waals surface area contributed by atoms with Crippen molar-refractivity contribution in [3.8, 4) is 0 Å². The highest BCUT2D eigenvalue weighted by molar-refractivity contribution is 5.64. The second-order valence-electron chi connectivity index (χ2n) is 2.70. The van der Waals surface area contributed by atoms with Gasteiger partial charge in [-0.25, -0.2) is 0 Å². The van der Waals surface area contributed by atoms with Gasteiger partial charge in [0.25, 0.3) is 5.69 Å². The molecule has 0 heterocycles. The molecule has 0 bridgehead atoms. The van der Waals surface area contributed by atoms with Crippen molar-refractivity contribution in [1.29, 1.82) is 0 Å². The Morgan fingerprint density at radius 2 is 2.00 bits per heavy atom. The van der Waals surface area contributed by atoms with Crippen molar-refractivity contribution in [2.75, 3.05) is 5.73 Å². The molecule has 0 unspecified atom stereocenters. The number of nitro benzene ring substituents is 1. The van der Waals surface area contributed by atoms with Crippen LogP contribution >= 0.6 is 0 Å². The van der Waals surface area contributed by atoms with Crippen LogP contribution < -0.4 is 5.73 Å². The molecule has 0 saturated carbocycles. The molecule has 1 aromatic carbocycles. The second-order valence-corrected chi connectivity index (χ2v) is 2.70. The number of nitrogen functional groups attached to an aromatic ring is 1. The molecule has 0 atom stereocenters. The maximum Gasteiger partial charge on any atom is 0.292 e. The van der Waals surface area contributed by atoms with Gasteiger partial charge in [0.1, 0.15) is 5.69 Å². The van der Waals surface area contributed by atoms with Crippen molar-refractivity contribution in [2.45, 2.75) is 13.8 Å². The Kier molecular flexibility index (Phi) is 1.99. The number of hydrogen-bond acceptors (Lipinski definition) is 3. The molecule has 1 aromatic rings. The molecule has 0 radical (unpaired) electrons.